The zero-order valence-electron chi connectivity index (χ0n) is 35.0. The SMILES string of the molecule is O=C(O)CCCCCCCCCC(CCCCCC(=O)CCCCCC(CCCCCCCCCC(=O)O)CSC1CCCCC1)CSC1CCCCC1. The summed E-state index contributed by atoms with van der Waals surface area (Å²) in [4.78, 5) is 34.2. The molecule has 0 saturated heterocycles. The van der Waals surface area contributed by atoms with Crippen LogP contribution in [0.5, 0.6) is 0 Å². The van der Waals surface area contributed by atoms with Crippen molar-refractivity contribution in [2.24, 2.45) is 11.8 Å². The number of ketones is 1. The minimum atomic E-state index is -0.665. The number of unbranched alkanes of at least 4 members (excludes halogenated alkanes) is 16. The Labute approximate surface area is 342 Å². The molecule has 2 saturated carbocycles. The van der Waals surface area contributed by atoms with Crippen LogP contribution in [0.3, 0.4) is 0 Å². The lowest BCUT2D eigenvalue weighted by molar-refractivity contribution is -0.138. The molecule has 0 aromatic rings. The fraction of sp³-hybridized carbons (Fsp3) is 0.936. The van der Waals surface area contributed by atoms with Crippen molar-refractivity contribution in [2.75, 3.05) is 11.5 Å². The molecular weight excluding hydrogens is 709 g/mol. The first kappa shape index (κ1) is 49.5. The highest BCUT2D eigenvalue weighted by molar-refractivity contribution is 8.00. The van der Waals surface area contributed by atoms with Crippen LogP contribution in [0.4, 0.5) is 0 Å². The van der Waals surface area contributed by atoms with Crippen molar-refractivity contribution in [3.63, 3.8) is 0 Å². The predicted octanol–water partition coefficient (Wildman–Crippen LogP) is 15.0. The van der Waals surface area contributed by atoms with Gasteiger partial charge in [-0.25, -0.2) is 0 Å². The van der Waals surface area contributed by atoms with Gasteiger partial charge in [-0.3, -0.25) is 14.4 Å². The fourth-order valence-corrected chi connectivity index (χ4v) is 11.9. The number of Topliss-reactive ketones (excluding diaryl/α,β-unsaturated/α-hetero) is 1. The minimum Gasteiger partial charge on any atom is -0.481 e. The molecule has 2 fully saturated rings. The van der Waals surface area contributed by atoms with Gasteiger partial charge >= 0.3 is 11.9 Å². The van der Waals surface area contributed by atoms with Crippen molar-refractivity contribution in [1.29, 1.82) is 0 Å². The van der Waals surface area contributed by atoms with Gasteiger partial charge in [0.1, 0.15) is 5.78 Å². The third-order valence-electron chi connectivity index (χ3n) is 12.4. The Kier molecular flexibility index (Phi) is 32.5. The average molecular weight is 795 g/mol. The highest BCUT2D eigenvalue weighted by Gasteiger charge is 2.18. The van der Waals surface area contributed by atoms with Gasteiger partial charge < -0.3 is 10.2 Å². The van der Waals surface area contributed by atoms with Crippen molar-refractivity contribution in [3.05, 3.63) is 0 Å². The summed E-state index contributed by atoms with van der Waals surface area (Å²) < 4.78 is 0. The van der Waals surface area contributed by atoms with Crippen LogP contribution in [0, 0.1) is 11.8 Å². The molecule has 54 heavy (non-hydrogen) atoms. The third-order valence-corrected chi connectivity index (χ3v) is 15.6. The van der Waals surface area contributed by atoms with E-state index in [1.807, 2.05) is 0 Å². The van der Waals surface area contributed by atoms with Crippen molar-refractivity contribution < 1.29 is 24.6 Å². The fourth-order valence-electron chi connectivity index (χ4n) is 8.81. The van der Waals surface area contributed by atoms with Crippen LogP contribution in [0.2, 0.25) is 0 Å². The number of aliphatic carboxylic acids is 2. The maximum absolute atomic E-state index is 12.8. The summed E-state index contributed by atoms with van der Waals surface area (Å²) >= 11 is 4.54. The summed E-state index contributed by atoms with van der Waals surface area (Å²) in [7, 11) is 0. The lowest BCUT2D eigenvalue weighted by Crippen LogP contribution is -2.13. The van der Waals surface area contributed by atoms with Crippen molar-refractivity contribution in [1.82, 2.24) is 0 Å². The molecule has 2 rings (SSSR count). The van der Waals surface area contributed by atoms with E-state index >= 15 is 0 Å². The van der Waals surface area contributed by atoms with Gasteiger partial charge in [-0.05, 0) is 100 Å². The molecule has 0 aliphatic heterocycles. The molecule has 0 heterocycles. The molecule has 0 aromatic heterocycles. The van der Waals surface area contributed by atoms with E-state index in [1.54, 1.807) is 0 Å². The topological polar surface area (TPSA) is 91.7 Å². The smallest absolute Gasteiger partial charge is 0.303 e. The Bertz CT molecular complexity index is 831. The van der Waals surface area contributed by atoms with E-state index in [0.29, 0.717) is 18.6 Å². The largest absolute Gasteiger partial charge is 0.481 e. The second-order valence-corrected chi connectivity index (χ2v) is 20.1. The number of hydrogen-bond acceptors (Lipinski definition) is 5. The molecule has 2 unspecified atom stereocenters. The highest BCUT2D eigenvalue weighted by atomic mass is 32.2. The van der Waals surface area contributed by atoms with Crippen LogP contribution in [0.1, 0.15) is 244 Å². The van der Waals surface area contributed by atoms with Crippen LogP contribution < -0.4 is 0 Å². The zero-order valence-corrected chi connectivity index (χ0v) is 36.7. The number of carboxylic acid groups (broad SMARTS) is 2. The zero-order chi connectivity index (χ0) is 38.7. The lowest BCUT2D eigenvalue weighted by atomic mass is 9.94. The molecule has 0 aromatic carbocycles. The molecule has 0 bridgehead atoms. The first-order chi connectivity index (χ1) is 26.4. The maximum Gasteiger partial charge on any atom is 0.303 e. The second-order valence-electron chi connectivity index (χ2n) is 17.5. The van der Waals surface area contributed by atoms with E-state index in [-0.39, 0.29) is 0 Å². The number of thioether (sulfide) groups is 2. The summed E-state index contributed by atoms with van der Waals surface area (Å²) in [6.07, 6.45) is 45.4. The Morgan fingerprint density at radius 2 is 0.667 bits per heavy atom. The van der Waals surface area contributed by atoms with Gasteiger partial charge in [-0.1, -0.05) is 141 Å². The van der Waals surface area contributed by atoms with Gasteiger partial charge in [-0.15, -0.1) is 0 Å². The number of hydrogen-bond donors (Lipinski definition) is 2. The summed E-state index contributed by atoms with van der Waals surface area (Å²) in [6, 6.07) is 0. The third kappa shape index (κ3) is 30.4. The summed E-state index contributed by atoms with van der Waals surface area (Å²) in [5, 5.41) is 19.4. The van der Waals surface area contributed by atoms with E-state index in [2.05, 4.69) is 23.5 Å². The number of rotatable bonds is 38. The van der Waals surface area contributed by atoms with Gasteiger partial charge in [0.05, 0.1) is 0 Å². The molecule has 0 radical (unpaired) electrons. The van der Waals surface area contributed by atoms with Crippen LogP contribution in [-0.2, 0) is 14.4 Å². The molecule has 0 amide bonds. The monoisotopic (exact) mass is 795 g/mol. The van der Waals surface area contributed by atoms with E-state index in [1.165, 1.54) is 191 Å². The molecule has 2 N–H and O–H groups in total. The minimum absolute atomic E-state index is 0.319. The van der Waals surface area contributed by atoms with Gasteiger partial charge in [0.2, 0.25) is 0 Å². The average Bonchev–Trinajstić information content (AvgIpc) is 3.17. The molecule has 5 nitrogen and oxygen atoms in total. The first-order valence-electron chi connectivity index (χ1n) is 23.6. The normalized spacial score (nSPS) is 16.7. The summed E-state index contributed by atoms with van der Waals surface area (Å²) in [5.41, 5.74) is 0. The number of carboxylic acids is 2. The molecular formula is C47H86O5S2. The van der Waals surface area contributed by atoms with Crippen LogP contribution in [-0.4, -0.2) is 49.9 Å². The van der Waals surface area contributed by atoms with Crippen LogP contribution >= 0.6 is 23.5 Å². The van der Waals surface area contributed by atoms with Crippen LogP contribution in [0.15, 0.2) is 0 Å². The van der Waals surface area contributed by atoms with E-state index in [9.17, 15) is 14.4 Å². The van der Waals surface area contributed by atoms with Crippen molar-refractivity contribution in [3.8, 4) is 0 Å². The van der Waals surface area contributed by atoms with Crippen molar-refractivity contribution in [2.45, 2.75) is 254 Å². The molecule has 2 aliphatic carbocycles. The van der Waals surface area contributed by atoms with E-state index in [4.69, 9.17) is 10.2 Å². The number of carbonyl (C=O) groups is 3. The van der Waals surface area contributed by atoms with Crippen molar-refractivity contribution >= 4 is 41.2 Å². The Morgan fingerprint density at radius 1 is 0.389 bits per heavy atom. The first-order valence-corrected chi connectivity index (χ1v) is 25.7. The Balaban J connectivity index is 1.56. The second kappa shape index (κ2) is 35.5. The quantitative estimate of drug-likeness (QED) is 0.0601. The van der Waals surface area contributed by atoms with Crippen LogP contribution in [0.25, 0.3) is 0 Å². The molecule has 2 atom stereocenters. The van der Waals surface area contributed by atoms with E-state index < -0.39 is 11.9 Å². The predicted molar refractivity (Wildman–Crippen MR) is 235 cm³/mol. The Morgan fingerprint density at radius 3 is 1.00 bits per heavy atom. The molecule has 316 valence electrons. The Hall–Kier alpha value is -0.690. The van der Waals surface area contributed by atoms with E-state index in [0.717, 1.165) is 73.7 Å². The van der Waals surface area contributed by atoms with Gasteiger partial charge in [0, 0.05) is 36.2 Å². The standard InChI is InChI=1S/C47H86O5S2/c48-43(31-19-11-17-29-41(39-53-44-33-21-13-22-34-44)27-15-7-3-1-5-9-25-37-46(49)50)32-20-12-18-30-42(40-54-45-35-23-14-24-36-45)28-16-8-4-2-6-10-26-38-47(51)52/h41-42,44-45H,1-40H2,(H,49,50)(H,51,52). The summed E-state index contributed by atoms with van der Waals surface area (Å²) in [5.74, 6) is 3.48. The van der Waals surface area contributed by atoms with Gasteiger partial charge in [-0.2, -0.15) is 23.5 Å². The molecule has 7 heteroatoms. The number of carbonyl (C=O) groups excluding carboxylic acids is 1. The summed E-state index contributed by atoms with van der Waals surface area (Å²) in [6.45, 7) is 0. The maximum atomic E-state index is 12.8. The lowest BCUT2D eigenvalue weighted by Gasteiger charge is -2.24. The molecule has 0 spiro atoms. The highest BCUT2D eigenvalue weighted by Crippen LogP contribution is 2.33. The van der Waals surface area contributed by atoms with Gasteiger partial charge in [0.15, 0.2) is 0 Å². The molecule has 2 aliphatic rings. The van der Waals surface area contributed by atoms with Gasteiger partial charge in [0.25, 0.3) is 0 Å².